The third kappa shape index (κ3) is 7.02. The molecule has 1 heterocycles. The molecule has 0 bridgehead atoms. The van der Waals surface area contributed by atoms with Crippen LogP contribution in [0.1, 0.15) is 71.9 Å². The number of aromatic nitrogens is 1. The van der Waals surface area contributed by atoms with Gasteiger partial charge in [0.25, 0.3) is 5.91 Å². The number of aryl methyl sites for hydroxylation is 1. The van der Waals surface area contributed by atoms with E-state index >= 15 is 0 Å². The minimum atomic E-state index is -0.811. The maximum atomic E-state index is 12.8. The molecule has 0 aliphatic rings. The number of ether oxygens (including phenoxy) is 2. The highest BCUT2D eigenvalue weighted by Crippen LogP contribution is 2.24. The zero-order valence-electron chi connectivity index (χ0n) is 16.5. The van der Waals surface area contributed by atoms with Crippen molar-refractivity contribution in [2.75, 3.05) is 18.5 Å². The topological polar surface area (TPSA) is 60.5 Å². The summed E-state index contributed by atoms with van der Waals surface area (Å²) in [6.45, 7) is 11.3. The normalized spacial score (nSPS) is 13.3. The third-order valence-electron chi connectivity index (χ3n) is 4.17. The number of unbranched alkanes of at least 4 members (excludes halogenated alkanes) is 2. The Labute approximate surface area is 152 Å². The molecule has 1 amide bonds. The van der Waals surface area contributed by atoms with Crippen LogP contribution in [0.5, 0.6) is 5.88 Å². The summed E-state index contributed by atoms with van der Waals surface area (Å²) in [4.78, 5) is 17.2. The van der Waals surface area contributed by atoms with Crippen LogP contribution in [0.2, 0.25) is 0 Å². The number of nitrogens with zero attached hydrogens (tertiary/aromatic N) is 1. The lowest BCUT2D eigenvalue weighted by Crippen LogP contribution is -2.43. The fraction of sp³-hybridized carbons (Fsp3) is 0.700. The van der Waals surface area contributed by atoms with Crippen molar-refractivity contribution in [3.63, 3.8) is 0 Å². The van der Waals surface area contributed by atoms with E-state index in [1.165, 1.54) is 0 Å². The van der Waals surface area contributed by atoms with Gasteiger partial charge in [0, 0.05) is 12.7 Å². The van der Waals surface area contributed by atoms with Crippen LogP contribution in [-0.4, -0.2) is 29.7 Å². The van der Waals surface area contributed by atoms with E-state index in [9.17, 15) is 4.79 Å². The van der Waals surface area contributed by atoms with Crippen molar-refractivity contribution in [1.82, 2.24) is 4.98 Å². The van der Waals surface area contributed by atoms with Crippen molar-refractivity contribution in [2.24, 2.45) is 0 Å². The molecule has 1 rings (SSSR count). The lowest BCUT2D eigenvalue weighted by molar-refractivity contribution is -0.140. The van der Waals surface area contributed by atoms with Crippen molar-refractivity contribution in [3.8, 4) is 5.88 Å². The Morgan fingerprint density at radius 1 is 1.12 bits per heavy atom. The summed E-state index contributed by atoms with van der Waals surface area (Å²) >= 11 is 0. The molecule has 1 aromatic heterocycles. The fourth-order valence-corrected chi connectivity index (χ4v) is 2.42. The molecule has 0 aromatic carbocycles. The second kappa shape index (κ2) is 11.1. The van der Waals surface area contributed by atoms with Crippen molar-refractivity contribution in [3.05, 3.63) is 17.8 Å². The van der Waals surface area contributed by atoms with Crippen molar-refractivity contribution in [2.45, 2.75) is 78.7 Å². The average molecular weight is 351 g/mol. The number of carbonyl (C=O) groups excluding carboxylic acids is 1. The number of nitrogens with one attached hydrogen (secondary N) is 1. The third-order valence-corrected chi connectivity index (χ3v) is 4.17. The summed E-state index contributed by atoms with van der Waals surface area (Å²) < 4.78 is 11.5. The van der Waals surface area contributed by atoms with E-state index < -0.39 is 5.60 Å². The first-order valence-electron chi connectivity index (χ1n) is 9.52. The number of pyridine rings is 1. The number of hydrogen-bond acceptors (Lipinski definition) is 4. The second-order valence-electron chi connectivity index (χ2n) is 6.62. The molecule has 0 saturated heterocycles. The number of hydrogen-bond donors (Lipinski definition) is 1. The minimum absolute atomic E-state index is 0.112. The van der Waals surface area contributed by atoms with Crippen LogP contribution in [0, 0.1) is 6.92 Å². The zero-order valence-corrected chi connectivity index (χ0v) is 16.5. The predicted molar refractivity (Wildman–Crippen MR) is 102 cm³/mol. The first kappa shape index (κ1) is 21.4. The molecule has 0 aliphatic heterocycles. The van der Waals surface area contributed by atoms with Gasteiger partial charge in [-0.3, -0.25) is 4.79 Å². The van der Waals surface area contributed by atoms with E-state index in [0.717, 1.165) is 37.8 Å². The van der Waals surface area contributed by atoms with Crippen LogP contribution in [0.4, 0.5) is 5.69 Å². The molecule has 1 atom stereocenters. The number of anilines is 1. The highest BCUT2D eigenvalue weighted by Gasteiger charge is 2.33. The molecule has 5 heteroatoms. The van der Waals surface area contributed by atoms with E-state index in [4.69, 9.17) is 9.47 Å². The minimum Gasteiger partial charge on any atom is -0.478 e. The highest BCUT2D eigenvalue weighted by atomic mass is 16.5. The Morgan fingerprint density at radius 2 is 1.84 bits per heavy atom. The first-order valence-corrected chi connectivity index (χ1v) is 9.52. The summed E-state index contributed by atoms with van der Waals surface area (Å²) in [6.07, 6.45) is 5.67. The molecule has 142 valence electrons. The Balaban J connectivity index is 2.78. The van der Waals surface area contributed by atoms with Crippen LogP contribution in [0.3, 0.4) is 0 Å². The van der Waals surface area contributed by atoms with Crippen LogP contribution >= 0.6 is 0 Å². The summed E-state index contributed by atoms with van der Waals surface area (Å²) in [5, 5.41) is 2.98. The molecule has 1 unspecified atom stereocenters. The van der Waals surface area contributed by atoms with Crippen molar-refractivity contribution in [1.29, 1.82) is 0 Å². The molecule has 1 N–H and O–H groups in total. The summed E-state index contributed by atoms with van der Waals surface area (Å²) in [7, 11) is 0. The SMILES string of the molecule is CCCCOc1ccc(NC(=O)C(C)(CCCC)OCCC)c(C)n1. The van der Waals surface area contributed by atoms with Gasteiger partial charge < -0.3 is 14.8 Å². The quantitative estimate of drug-likeness (QED) is 0.546. The molecule has 0 aliphatic carbocycles. The summed E-state index contributed by atoms with van der Waals surface area (Å²) in [5.41, 5.74) is 0.640. The standard InChI is InChI=1S/C20H34N2O3/c1-6-9-13-20(5,25-14-8-3)19(23)22-17-11-12-18(21-16(17)4)24-15-10-7-2/h11-12H,6-10,13-15H2,1-5H3,(H,22,23). The van der Waals surface area contributed by atoms with Crippen LogP contribution < -0.4 is 10.1 Å². The van der Waals surface area contributed by atoms with E-state index in [0.29, 0.717) is 31.2 Å². The molecule has 5 nitrogen and oxygen atoms in total. The second-order valence-corrected chi connectivity index (χ2v) is 6.62. The maximum Gasteiger partial charge on any atom is 0.256 e. The van der Waals surface area contributed by atoms with Gasteiger partial charge in [-0.05, 0) is 39.2 Å². The molecule has 25 heavy (non-hydrogen) atoms. The Morgan fingerprint density at radius 3 is 2.44 bits per heavy atom. The molecule has 1 aromatic rings. The Bertz CT molecular complexity index is 524. The summed E-state index contributed by atoms with van der Waals surface area (Å²) in [6, 6.07) is 3.65. The molecular weight excluding hydrogens is 316 g/mol. The van der Waals surface area contributed by atoms with Gasteiger partial charge in [-0.1, -0.05) is 40.0 Å². The van der Waals surface area contributed by atoms with Crippen LogP contribution in [-0.2, 0) is 9.53 Å². The largest absolute Gasteiger partial charge is 0.478 e. The molecule has 0 spiro atoms. The molecule has 0 saturated carbocycles. The van der Waals surface area contributed by atoms with E-state index in [1.807, 2.05) is 26.8 Å². The monoisotopic (exact) mass is 350 g/mol. The lowest BCUT2D eigenvalue weighted by atomic mass is 9.97. The number of carbonyl (C=O) groups is 1. The molecule has 0 radical (unpaired) electrons. The van der Waals surface area contributed by atoms with E-state index in [2.05, 4.69) is 24.1 Å². The zero-order chi connectivity index (χ0) is 18.7. The smallest absolute Gasteiger partial charge is 0.256 e. The van der Waals surface area contributed by atoms with Gasteiger partial charge >= 0.3 is 0 Å². The Hall–Kier alpha value is -1.62. The average Bonchev–Trinajstić information content (AvgIpc) is 2.60. The number of rotatable bonds is 12. The van der Waals surface area contributed by atoms with Crippen LogP contribution in [0.15, 0.2) is 12.1 Å². The Kier molecular flexibility index (Phi) is 9.50. The summed E-state index contributed by atoms with van der Waals surface area (Å²) in [5.74, 6) is 0.485. The van der Waals surface area contributed by atoms with Crippen molar-refractivity contribution >= 4 is 11.6 Å². The van der Waals surface area contributed by atoms with Gasteiger partial charge in [0.05, 0.1) is 18.0 Å². The number of amides is 1. The lowest BCUT2D eigenvalue weighted by Gasteiger charge is -2.29. The molecule has 0 fully saturated rings. The van der Waals surface area contributed by atoms with Gasteiger partial charge in [-0.15, -0.1) is 0 Å². The van der Waals surface area contributed by atoms with Crippen molar-refractivity contribution < 1.29 is 14.3 Å². The van der Waals surface area contributed by atoms with Crippen LogP contribution in [0.25, 0.3) is 0 Å². The fourth-order valence-electron chi connectivity index (χ4n) is 2.42. The van der Waals surface area contributed by atoms with E-state index in [-0.39, 0.29) is 5.91 Å². The van der Waals surface area contributed by atoms with E-state index in [1.54, 1.807) is 6.07 Å². The maximum absolute atomic E-state index is 12.8. The van der Waals surface area contributed by atoms with Gasteiger partial charge in [-0.2, -0.15) is 0 Å². The van der Waals surface area contributed by atoms with Gasteiger partial charge in [0.2, 0.25) is 5.88 Å². The molecular formula is C20H34N2O3. The van der Waals surface area contributed by atoms with Gasteiger partial charge in [0.15, 0.2) is 0 Å². The van der Waals surface area contributed by atoms with Gasteiger partial charge in [-0.25, -0.2) is 4.98 Å². The first-order chi connectivity index (χ1) is 12.0. The predicted octanol–water partition coefficient (Wildman–Crippen LogP) is 4.88. The highest BCUT2D eigenvalue weighted by molar-refractivity contribution is 5.97. The van der Waals surface area contributed by atoms with Gasteiger partial charge in [0.1, 0.15) is 5.60 Å².